The van der Waals surface area contributed by atoms with Gasteiger partial charge in [-0.25, -0.2) is 0 Å². The first-order valence-electron chi connectivity index (χ1n) is 9.87. The van der Waals surface area contributed by atoms with Crippen molar-refractivity contribution in [3.8, 4) is 5.75 Å². The predicted octanol–water partition coefficient (Wildman–Crippen LogP) is 5.86. The second kappa shape index (κ2) is 7.89. The number of fused-ring (bicyclic) bond motifs is 1. The Kier molecular flexibility index (Phi) is 5.16. The highest BCUT2D eigenvalue weighted by Gasteiger charge is 2.42. The molecule has 1 aliphatic rings. The van der Waals surface area contributed by atoms with E-state index in [1.165, 1.54) is 0 Å². The molecule has 0 unspecified atom stereocenters. The van der Waals surface area contributed by atoms with Gasteiger partial charge < -0.3 is 10.1 Å². The SMILES string of the molecule is C=CCOc1ccc(NC(=O)C2(c3ccccc3)CCCC2)c2ccccc12. The fourth-order valence-electron chi connectivity index (χ4n) is 4.28. The van der Waals surface area contributed by atoms with E-state index in [2.05, 4.69) is 24.0 Å². The van der Waals surface area contributed by atoms with Crippen LogP contribution in [0.15, 0.2) is 79.4 Å². The number of carbonyl (C=O) groups excluding carboxylic acids is 1. The van der Waals surface area contributed by atoms with Crippen molar-refractivity contribution in [3.05, 3.63) is 84.9 Å². The first kappa shape index (κ1) is 18.3. The zero-order valence-corrected chi connectivity index (χ0v) is 16.0. The molecule has 0 spiro atoms. The summed E-state index contributed by atoms with van der Waals surface area (Å²) in [6.45, 7) is 4.16. The van der Waals surface area contributed by atoms with E-state index in [1.54, 1.807) is 6.08 Å². The maximum absolute atomic E-state index is 13.5. The Bertz CT molecular complexity index is 988. The number of anilines is 1. The van der Waals surface area contributed by atoms with E-state index < -0.39 is 5.41 Å². The molecule has 1 amide bonds. The minimum absolute atomic E-state index is 0.0844. The lowest BCUT2D eigenvalue weighted by Crippen LogP contribution is -2.38. The molecule has 28 heavy (non-hydrogen) atoms. The van der Waals surface area contributed by atoms with Crippen LogP contribution in [0.5, 0.6) is 5.75 Å². The molecule has 142 valence electrons. The number of amides is 1. The van der Waals surface area contributed by atoms with E-state index >= 15 is 0 Å². The first-order chi connectivity index (χ1) is 13.7. The van der Waals surface area contributed by atoms with Crippen LogP contribution in [0.1, 0.15) is 31.2 Å². The average Bonchev–Trinajstić information content (AvgIpc) is 3.25. The molecular weight excluding hydrogens is 346 g/mol. The molecule has 0 bridgehead atoms. The number of ether oxygens (including phenoxy) is 1. The van der Waals surface area contributed by atoms with Gasteiger partial charge in [-0.05, 0) is 30.5 Å². The van der Waals surface area contributed by atoms with E-state index in [0.29, 0.717) is 6.61 Å². The van der Waals surface area contributed by atoms with E-state index in [9.17, 15) is 4.79 Å². The predicted molar refractivity (Wildman–Crippen MR) is 115 cm³/mol. The highest BCUT2D eigenvalue weighted by Crippen LogP contribution is 2.42. The smallest absolute Gasteiger partial charge is 0.235 e. The molecular formula is C25H25NO2. The first-order valence-corrected chi connectivity index (χ1v) is 9.87. The summed E-state index contributed by atoms with van der Waals surface area (Å²) in [6, 6.07) is 22.1. The second-order valence-electron chi connectivity index (χ2n) is 7.37. The van der Waals surface area contributed by atoms with Crippen molar-refractivity contribution in [2.45, 2.75) is 31.1 Å². The minimum atomic E-state index is -0.444. The number of carbonyl (C=O) groups is 1. The lowest BCUT2D eigenvalue weighted by Gasteiger charge is -2.28. The Morgan fingerprint density at radius 3 is 2.36 bits per heavy atom. The Morgan fingerprint density at radius 2 is 1.64 bits per heavy atom. The second-order valence-corrected chi connectivity index (χ2v) is 7.37. The number of hydrogen-bond donors (Lipinski definition) is 1. The van der Waals surface area contributed by atoms with Crippen LogP contribution >= 0.6 is 0 Å². The highest BCUT2D eigenvalue weighted by atomic mass is 16.5. The lowest BCUT2D eigenvalue weighted by atomic mass is 9.78. The van der Waals surface area contributed by atoms with Gasteiger partial charge in [0.05, 0.1) is 5.41 Å². The van der Waals surface area contributed by atoms with Crippen molar-refractivity contribution < 1.29 is 9.53 Å². The van der Waals surface area contributed by atoms with Gasteiger partial charge in [0, 0.05) is 16.5 Å². The van der Waals surface area contributed by atoms with Crippen LogP contribution in [0.3, 0.4) is 0 Å². The molecule has 1 saturated carbocycles. The Balaban J connectivity index is 1.69. The zero-order valence-electron chi connectivity index (χ0n) is 16.0. The molecule has 0 saturated heterocycles. The van der Waals surface area contributed by atoms with E-state index in [-0.39, 0.29) is 5.91 Å². The molecule has 0 aromatic heterocycles. The largest absolute Gasteiger partial charge is 0.489 e. The molecule has 1 aliphatic carbocycles. The van der Waals surface area contributed by atoms with E-state index in [1.807, 2.05) is 54.6 Å². The molecule has 1 N–H and O–H groups in total. The molecule has 3 heteroatoms. The van der Waals surface area contributed by atoms with Crippen molar-refractivity contribution in [1.82, 2.24) is 0 Å². The zero-order chi connectivity index (χ0) is 19.4. The Labute approximate surface area is 166 Å². The fourth-order valence-corrected chi connectivity index (χ4v) is 4.28. The Hall–Kier alpha value is -3.07. The van der Waals surface area contributed by atoms with E-state index in [0.717, 1.165) is 53.5 Å². The third kappa shape index (κ3) is 3.29. The van der Waals surface area contributed by atoms with Gasteiger partial charge in [0.25, 0.3) is 0 Å². The minimum Gasteiger partial charge on any atom is -0.489 e. The summed E-state index contributed by atoms with van der Waals surface area (Å²) in [4.78, 5) is 13.5. The van der Waals surface area contributed by atoms with Crippen LogP contribution in [0.25, 0.3) is 10.8 Å². The van der Waals surface area contributed by atoms with Crippen LogP contribution < -0.4 is 10.1 Å². The van der Waals surface area contributed by atoms with Gasteiger partial charge in [0.1, 0.15) is 12.4 Å². The van der Waals surface area contributed by atoms with Crippen LogP contribution in [-0.2, 0) is 10.2 Å². The third-order valence-corrected chi connectivity index (χ3v) is 5.71. The number of rotatable bonds is 6. The molecule has 0 heterocycles. The van der Waals surface area contributed by atoms with Gasteiger partial charge in [-0.2, -0.15) is 0 Å². The summed E-state index contributed by atoms with van der Waals surface area (Å²) in [5.74, 6) is 0.883. The van der Waals surface area contributed by atoms with Crippen molar-refractivity contribution in [2.24, 2.45) is 0 Å². The summed E-state index contributed by atoms with van der Waals surface area (Å²) in [5.41, 5.74) is 1.49. The van der Waals surface area contributed by atoms with Crippen molar-refractivity contribution in [3.63, 3.8) is 0 Å². The van der Waals surface area contributed by atoms with Crippen LogP contribution in [0.2, 0.25) is 0 Å². The lowest BCUT2D eigenvalue weighted by molar-refractivity contribution is -0.121. The molecule has 3 aromatic carbocycles. The molecule has 0 atom stereocenters. The quantitative estimate of drug-likeness (QED) is 0.552. The topological polar surface area (TPSA) is 38.3 Å². The summed E-state index contributed by atoms with van der Waals surface area (Å²) in [7, 11) is 0. The normalized spacial score (nSPS) is 15.3. The van der Waals surface area contributed by atoms with Gasteiger partial charge in [-0.3, -0.25) is 4.79 Å². The summed E-state index contributed by atoms with van der Waals surface area (Å²) >= 11 is 0. The van der Waals surface area contributed by atoms with E-state index in [4.69, 9.17) is 4.74 Å². The van der Waals surface area contributed by atoms with Gasteiger partial charge >= 0.3 is 0 Å². The highest BCUT2D eigenvalue weighted by molar-refractivity contribution is 6.07. The maximum Gasteiger partial charge on any atom is 0.235 e. The van der Waals surface area contributed by atoms with Gasteiger partial charge in [0.15, 0.2) is 0 Å². The summed E-state index contributed by atoms with van der Waals surface area (Å²) in [6.07, 6.45) is 5.67. The average molecular weight is 371 g/mol. The van der Waals surface area contributed by atoms with Gasteiger partial charge in [0.2, 0.25) is 5.91 Å². The number of nitrogens with one attached hydrogen (secondary N) is 1. The van der Waals surface area contributed by atoms with Gasteiger partial charge in [-0.1, -0.05) is 80.1 Å². The van der Waals surface area contributed by atoms with Crippen molar-refractivity contribution >= 4 is 22.4 Å². The molecule has 3 aromatic rings. The molecule has 1 fully saturated rings. The molecule has 0 radical (unpaired) electrons. The number of hydrogen-bond acceptors (Lipinski definition) is 2. The maximum atomic E-state index is 13.5. The van der Waals surface area contributed by atoms with Crippen LogP contribution in [0, 0.1) is 0 Å². The third-order valence-electron chi connectivity index (χ3n) is 5.71. The van der Waals surface area contributed by atoms with Crippen LogP contribution in [0.4, 0.5) is 5.69 Å². The van der Waals surface area contributed by atoms with Gasteiger partial charge in [-0.15, -0.1) is 0 Å². The van der Waals surface area contributed by atoms with Crippen molar-refractivity contribution in [2.75, 3.05) is 11.9 Å². The fraction of sp³-hybridized carbons (Fsp3) is 0.240. The number of benzene rings is 3. The van der Waals surface area contributed by atoms with Crippen molar-refractivity contribution in [1.29, 1.82) is 0 Å². The van der Waals surface area contributed by atoms with Crippen LogP contribution in [-0.4, -0.2) is 12.5 Å². The monoisotopic (exact) mass is 371 g/mol. The summed E-state index contributed by atoms with van der Waals surface area (Å²) in [5, 5.41) is 5.21. The molecule has 3 nitrogen and oxygen atoms in total. The molecule has 4 rings (SSSR count). The Morgan fingerprint density at radius 1 is 0.964 bits per heavy atom. The summed E-state index contributed by atoms with van der Waals surface area (Å²) < 4.78 is 5.79. The molecule has 0 aliphatic heterocycles. The standard InChI is InChI=1S/C25H25NO2/c1-2-18-28-23-15-14-22(20-12-6-7-13-21(20)23)26-24(27)25(16-8-9-17-25)19-10-4-3-5-11-19/h2-7,10-15H,1,8-9,16-18H2,(H,26,27).